The van der Waals surface area contributed by atoms with E-state index in [4.69, 9.17) is 4.43 Å². The van der Waals surface area contributed by atoms with Gasteiger partial charge in [0.2, 0.25) is 12.0 Å². The zero-order valence-corrected chi connectivity index (χ0v) is 12.6. The second-order valence-corrected chi connectivity index (χ2v) is 9.18. The molecule has 104 valence electrons. The summed E-state index contributed by atoms with van der Waals surface area (Å²) in [5.41, 5.74) is 0. The molecular formula is C12H24N2O3Si. The van der Waals surface area contributed by atoms with Gasteiger partial charge in [0.05, 0.1) is 6.54 Å². The third kappa shape index (κ3) is 11.5. The summed E-state index contributed by atoms with van der Waals surface area (Å²) in [6, 6.07) is 1.00. The number of unbranched alkanes of at least 4 members (excludes halogenated alkanes) is 1. The van der Waals surface area contributed by atoms with Gasteiger partial charge in [-0.05, 0) is 38.4 Å². The molecule has 18 heavy (non-hydrogen) atoms. The Morgan fingerprint density at radius 3 is 2.67 bits per heavy atom. The highest BCUT2D eigenvalue weighted by atomic mass is 28.4. The molecule has 0 aliphatic heterocycles. The Morgan fingerprint density at radius 2 is 2.06 bits per heavy atom. The number of hydrogen-bond donors (Lipinski definition) is 1. The lowest BCUT2D eigenvalue weighted by Crippen LogP contribution is -2.31. The Hall–Kier alpha value is -0.973. The Kier molecular flexibility index (Phi) is 9.46. The number of rotatable bonds is 10. The molecule has 1 amide bonds. The lowest BCUT2D eigenvalue weighted by atomic mass is 10.3. The monoisotopic (exact) mass is 272 g/mol. The molecule has 0 aromatic heterocycles. The van der Waals surface area contributed by atoms with Crippen molar-refractivity contribution < 1.29 is 14.0 Å². The number of nitrogens with zero attached hydrogens (tertiary/aromatic N) is 1. The highest BCUT2D eigenvalue weighted by molar-refractivity contribution is 6.71. The minimum Gasteiger partial charge on any atom is -0.417 e. The van der Waals surface area contributed by atoms with Crippen LogP contribution in [0.4, 0.5) is 0 Å². The zero-order chi connectivity index (χ0) is 13.9. The summed E-state index contributed by atoms with van der Waals surface area (Å²) in [5, 5.41) is 2.76. The van der Waals surface area contributed by atoms with Crippen molar-refractivity contribution in [1.29, 1.82) is 0 Å². The average molecular weight is 272 g/mol. The van der Waals surface area contributed by atoms with Crippen LogP contribution in [0.3, 0.4) is 0 Å². The minimum atomic E-state index is -1.61. The number of amides is 1. The molecule has 0 unspecified atom stereocenters. The van der Waals surface area contributed by atoms with E-state index in [1.54, 1.807) is 6.08 Å². The molecule has 0 atom stereocenters. The first-order chi connectivity index (χ1) is 8.48. The van der Waals surface area contributed by atoms with E-state index in [-0.39, 0.29) is 5.91 Å². The van der Waals surface area contributed by atoms with Crippen molar-refractivity contribution in [2.75, 3.05) is 19.7 Å². The Balaban J connectivity index is 3.51. The van der Waals surface area contributed by atoms with E-state index >= 15 is 0 Å². The van der Waals surface area contributed by atoms with Gasteiger partial charge in [0.25, 0.3) is 0 Å². The summed E-state index contributed by atoms with van der Waals surface area (Å²) >= 11 is 0. The first-order valence-electron chi connectivity index (χ1n) is 6.40. The van der Waals surface area contributed by atoms with Gasteiger partial charge in [-0.1, -0.05) is 0 Å². The number of isocyanates is 1. The van der Waals surface area contributed by atoms with Gasteiger partial charge in [-0.2, -0.15) is 0 Å². The molecule has 0 aliphatic rings. The second-order valence-electron chi connectivity index (χ2n) is 4.87. The summed E-state index contributed by atoms with van der Waals surface area (Å²) in [7, 11) is -1.61. The SMILES string of the molecule is CC(=O)NCCCCO[Si](C)(C)CCCN=C=O. The normalized spacial score (nSPS) is 10.8. The van der Waals surface area contributed by atoms with Gasteiger partial charge < -0.3 is 9.74 Å². The molecule has 0 aromatic carbocycles. The number of carbonyl (C=O) groups excluding carboxylic acids is 2. The summed E-state index contributed by atoms with van der Waals surface area (Å²) in [6.07, 6.45) is 4.34. The largest absolute Gasteiger partial charge is 0.417 e. The van der Waals surface area contributed by atoms with E-state index in [1.807, 2.05) is 0 Å². The van der Waals surface area contributed by atoms with Crippen LogP contribution >= 0.6 is 0 Å². The number of hydrogen-bond acceptors (Lipinski definition) is 4. The van der Waals surface area contributed by atoms with E-state index in [0.717, 1.165) is 31.9 Å². The predicted molar refractivity (Wildman–Crippen MR) is 73.8 cm³/mol. The second kappa shape index (κ2) is 10.00. The van der Waals surface area contributed by atoms with Crippen molar-refractivity contribution in [2.24, 2.45) is 4.99 Å². The third-order valence-electron chi connectivity index (χ3n) is 2.55. The molecule has 0 radical (unpaired) electrons. The Morgan fingerprint density at radius 1 is 1.33 bits per heavy atom. The van der Waals surface area contributed by atoms with Crippen LogP contribution in [0.1, 0.15) is 26.2 Å². The highest BCUT2D eigenvalue weighted by Gasteiger charge is 2.21. The maximum atomic E-state index is 10.6. The quantitative estimate of drug-likeness (QED) is 0.286. The van der Waals surface area contributed by atoms with E-state index in [9.17, 15) is 9.59 Å². The molecule has 0 fully saturated rings. The molecular weight excluding hydrogens is 248 g/mol. The van der Waals surface area contributed by atoms with Crippen molar-refractivity contribution in [1.82, 2.24) is 5.32 Å². The van der Waals surface area contributed by atoms with Crippen LogP contribution in [0.25, 0.3) is 0 Å². The summed E-state index contributed by atoms with van der Waals surface area (Å²) < 4.78 is 5.90. The molecule has 0 saturated carbocycles. The number of nitrogens with one attached hydrogen (secondary N) is 1. The molecule has 5 nitrogen and oxygen atoms in total. The van der Waals surface area contributed by atoms with Crippen LogP contribution < -0.4 is 5.32 Å². The van der Waals surface area contributed by atoms with Gasteiger partial charge in [0, 0.05) is 20.1 Å². The third-order valence-corrected chi connectivity index (χ3v) is 5.09. The van der Waals surface area contributed by atoms with Crippen LogP contribution in [0, 0.1) is 0 Å². The number of carbonyl (C=O) groups is 1. The standard InChI is InChI=1S/C12H24N2O3Si/c1-12(16)14-8-4-5-9-17-18(2,3)10-6-7-13-11-15/h4-10H2,1-3H3,(H,14,16). The Labute approximate surface area is 110 Å². The smallest absolute Gasteiger partial charge is 0.234 e. The lowest BCUT2D eigenvalue weighted by molar-refractivity contribution is -0.118. The fraction of sp³-hybridized carbons (Fsp3) is 0.833. The summed E-state index contributed by atoms with van der Waals surface area (Å²) in [5.74, 6) is 0.0151. The van der Waals surface area contributed by atoms with E-state index in [1.165, 1.54) is 6.92 Å². The van der Waals surface area contributed by atoms with Crippen LogP contribution in [-0.4, -0.2) is 40.0 Å². The zero-order valence-electron chi connectivity index (χ0n) is 11.6. The summed E-state index contributed by atoms with van der Waals surface area (Å²) in [6.45, 7) is 7.88. The molecule has 6 heteroatoms. The van der Waals surface area contributed by atoms with Crippen molar-refractivity contribution in [2.45, 2.75) is 45.3 Å². The van der Waals surface area contributed by atoms with Gasteiger partial charge in [-0.3, -0.25) is 4.79 Å². The van der Waals surface area contributed by atoms with Crippen molar-refractivity contribution in [3.63, 3.8) is 0 Å². The minimum absolute atomic E-state index is 0.0151. The van der Waals surface area contributed by atoms with E-state index < -0.39 is 8.32 Å². The predicted octanol–water partition coefficient (Wildman–Crippen LogP) is 1.85. The lowest BCUT2D eigenvalue weighted by Gasteiger charge is -2.22. The maximum Gasteiger partial charge on any atom is 0.234 e. The molecule has 0 heterocycles. The molecule has 0 aliphatic carbocycles. The average Bonchev–Trinajstić information content (AvgIpc) is 2.29. The fourth-order valence-electron chi connectivity index (χ4n) is 1.54. The van der Waals surface area contributed by atoms with Crippen molar-refractivity contribution in [3.8, 4) is 0 Å². The van der Waals surface area contributed by atoms with Crippen molar-refractivity contribution >= 4 is 20.3 Å². The topological polar surface area (TPSA) is 67.8 Å². The van der Waals surface area contributed by atoms with Crippen LogP contribution in [0.5, 0.6) is 0 Å². The first-order valence-corrected chi connectivity index (χ1v) is 9.51. The molecule has 0 saturated heterocycles. The molecule has 0 rings (SSSR count). The maximum absolute atomic E-state index is 10.6. The number of aliphatic imine (C=N–C) groups is 1. The molecule has 0 bridgehead atoms. The van der Waals surface area contributed by atoms with E-state index in [0.29, 0.717) is 13.1 Å². The summed E-state index contributed by atoms with van der Waals surface area (Å²) in [4.78, 5) is 24.1. The van der Waals surface area contributed by atoms with Gasteiger partial charge in [0.1, 0.15) is 0 Å². The van der Waals surface area contributed by atoms with Gasteiger partial charge in [-0.15, -0.1) is 0 Å². The highest BCUT2D eigenvalue weighted by Crippen LogP contribution is 2.14. The van der Waals surface area contributed by atoms with Gasteiger partial charge in [0.15, 0.2) is 8.32 Å². The molecule has 0 aromatic rings. The molecule has 1 N–H and O–H groups in total. The van der Waals surface area contributed by atoms with E-state index in [2.05, 4.69) is 23.4 Å². The fourth-order valence-corrected chi connectivity index (χ4v) is 3.39. The van der Waals surface area contributed by atoms with Gasteiger partial charge >= 0.3 is 0 Å². The molecule has 0 spiro atoms. The van der Waals surface area contributed by atoms with Crippen molar-refractivity contribution in [3.05, 3.63) is 0 Å². The first kappa shape index (κ1) is 17.0. The van der Waals surface area contributed by atoms with Crippen LogP contribution in [0.15, 0.2) is 4.99 Å². The van der Waals surface area contributed by atoms with Crippen LogP contribution in [0.2, 0.25) is 19.1 Å². The van der Waals surface area contributed by atoms with Gasteiger partial charge in [-0.25, -0.2) is 9.79 Å². The Bertz CT molecular complexity index is 289. The van der Waals surface area contributed by atoms with Crippen LogP contribution in [-0.2, 0) is 14.0 Å².